The van der Waals surface area contributed by atoms with Crippen molar-refractivity contribution in [1.82, 2.24) is 5.32 Å². The summed E-state index contributed by atoms with van der Waals surface area (Å²) >= 11 is 0. The van der Waals surface area contributed by atoms with Crippen molar-refractivity contribution in [2.45, 2.75) is 51.0 Å². The van der Waals surface area contributed by atoms with Gasteiger partial charge in [-0.25, -0.2) is 0 Å². The van der Waals surface area contributed by atoms with Gasteiger partial charge in [0.05, 0.1) is 13.5 Å². The zero-order chi connectivity index (χ0) is 13.5. The molecule has 0 heterocycles. The van der Waals surface area contributed by atoms with E-state index in [2.05, 4.69) is 5.32 Å². The van der Waals surface area contributed by atoms with E-state index >= 15 is 0 Å². The number of rotatable bonds is 4. The van der Waals surface area contributed by atoms with Gasteiger partial charge in [0.2, 0.25) is 5.91 Å². The molecule has 19 heavy (non-hydrogen) atoms. The SMILES string of the molecule is COc1cccc(CC(=O)NC2CCCCCC2)c1. The third-order valence-electron chi connectivity index (χ3n) is 3.72. The molecule has 1 aliphatic rings. The van der Waals surface area contributed by atoms with Gasteiger partial charge in [0.15, 0.2) is 0 Å². The minimum atomic E-state index is 0.125. The fourth-order valence-corrected chi connectivity index (χ4v) is 2.67. The number of methoxy groups -OCH3 is 1. The lowest BCUT2D eigenvalue weighted by molar-refractivity contribution is -0.121. The summed E-state index contributed by atoms with van der Waals surface area (Å²) < 4.78 is 5.17. The molecule has 1 aliphatic carbocycles. The van der Waals surface area contributed by atoms with Crippen molar-refractivity contribution < 1.29 is 9.53 Å². The van der Waals surface area contributed by atoms with Gasteiger partial charge in [-0.3, -0.25) is 4.79 Å². The molecule has 3 heteroatoms. The van der Waals surface area contributed by atoms with Crippen molar-refractivity contribution in [2.24, 2.45) is 0 Å². The van der Waals surface area contributed by atoms with Crippen LogP contribution < -0.4 is 10.1 Å². The summed E-state index contributed by atoms with van der Waals surface area (Å²) in [5, 5.41) is 3.17. The van der Waals surface area contributed by atoms with Crippen LogP contribution >= 0.6 is 0 Å². The summed E-state index contributed by atoms with van der Waals surface area (Å²) in [6.45, 7) is 0. The molecule has 1 fully saturated rings. The van der Waals surface area contributed by atoms with E-state index in [0.29, 0.717) is 12.5 Å². The highest BCUT2D eigenvalue weighted by Crippen LogP contribution is 2.18. The third-order valence-corrected chi connectivity index (χ3v) is 3.72. The van der Waals surface area contributed by atoms with Gasteiger partial charge >= 0.3 is 0 Å². The maximum atomic E-state index is 12.0. The molecule has 104 valence electrons. The maximum absolute atomic E-state index is 12.0. The molecule has 0 atom stereocenters. The van der Waals surface area contributed by atoms with E-state index in [1.807, 2.05) is 24.3 Å². The third kappa shape index (κ3) is 4.58. The normalized spacial score (nSPS) is 16.7. The topological polar surface area (TPSA) is 38.3 Å². The molecule has 0 saturated heterocycles. The van der Waals surface area contributed by atoms with Gasteiger partial charge in [-0.2, -0.15) is 0 Å². The first-order valence-corrected chi connectivity index (χ1v) is 7.20. The second kappa shape index (κ2) is 7.17. The number of carbonyl (C=O) groups is 1. The highest BCUT2D eigenvalue weighted by atomic mass is 16.5. The van der Waals surface area contributed by atoms with Crippen molar-refractivity contribution in [3.8, 4) is 5.75 Å². The Balaban J connectivity index is 1.85. The summed E-state index contributed by atoms with van der Waals surface area (Å²) in [7, 11) is 1.64. The minimum Gasteiger partial charge on any atom is -0.497 e. The molecule has 3 nitrogen and oxygen atoms in total. The lowest BCUT2D eigenvalue weighted by Crippen LogP contribution is -2.35. The van der Waals surface area contributed by atoms with Crippen LogP contribution in [-0.2, 0) is 11.2 Å². The van der Waals surface area contributed by atoms with Crippen LogP contribution in [0.5, 0.6) is 5.75 Å². The van der Waals surface area contributed by atoms with Gasteiger partial charge in [0.1, 0.15) is 5.75 Å². The van der Waals surface area contributed by atoms with Gasteiger partial charge in [0.25, 0.3) is 0 Å². The molecule has 1 aromatic carbocycles. The molecule has 1 saturated carbocycles. The predicted octanol–water partition coefficient (Wildman–Crippen LogP) is 3.08. The number of hydrogen-bond acceptors (Lipinski definition) is 2. The Morgan fingerprint density at radius 2 is 2.00 bits per heavy atom. The molecule has 0 unspecified atom stereocenters. The monoisotopic (exact) mass is 261 g/mol. The Morgan fingerprint density at radius 1 is 1.26 bits per heavy atom. The number of hydrogen-bond donors (Lipinski definition) is 1. The second-order valence-corrected chi connectivity index (χ2v) is 5.28. The Labute approximate surface area is 115 Å². The van der Waals surface area contributed by atoms with Crippen LogP contribution in [-0.4, -0.2) is 19.1 Å². The largest absolute Gasteiger partial charge is 0.497 e. The summed E-state index contributed by atoms with van der Waals surface area (Å²) in [4.78, 5) is 12.0. The average molecular weight is 261 g/mol. The molecule has 1 N–H and O–H groups in total. The molecular weight excluding hydrogens is 238 g/mol. The van der Waals surface area contributed by atoms with Crippen LogP contribution in [0, 0.1) is 0 Å². The number of carbonyl (C=O) groups excluding carboxylic acids is 1. The zero-order valence-corrected chi connectivity index (χ0v) is 11.7. The Bertz CT molecular complexity index is 409. The molecule has 0 radical (unpaired) electrons. The highest BCUT2D eigenvalue weighted by Gasteiger charge is 2.14. The van der Waals surface area contributed by atoms with E-state index in [1.165, 1.54) is 25.7 Å². The van der Waals surface area contributed by atoms with Crippen LogP contribution in [0.1, 0.15) is 44.1 Å². The standard InChI is InChI=1S/C16H23NO2/c1-19-15-10-6-7-13(11-15)12-16(18)17-14-8-4-2-3-5-9-14/h6-7,10-11,14H,2-5,8-9,12H2,1H3,(H,17,18). The molecule has 0 spiro atoms. The number of nitrogens with one attached hydrogen (secondary N) is 1. The summed E-state index contributed by atoms with van der Waals surface area (Å²) in [5.41, 5.74) is 1.01. The van der Waals surface area contributed by atoms with E-state index in [1.54, 1.807) is 7.11 Å². The van der Waals surface area contributed by atoms with E-state index < -0.39 is 0 Å². The van der Waals surface area contributed by atoms with E-state index in [9.17, 15) is 4.79 Å². The van der Waals surface area contributed by atoms with Crippen molar-refractivity contribution in [1.29, 1.82) is 0 Å². The van der Waals surface area contributed by atoms with Gasteiger partial charge in [0, 0.05) is 6.04 Å². The smallest absolute Gasteiger partial charge is 0.224 e. The van der Waals surface area contributed by atoms with Crippen LogP contribution in [0.4, 0.5) is 0 Å². The number of ether oxygens (including phenoxy) is 1. The van der Waals surface area contributed by atoms with E-state index in [0.717, 1.165) is 24.2 Å². The van der Waals surface area contributed by atoms with E-state index in [-0.39, 0.29) is 5.91 Å². The molecule has 0 aliphatic heterocycles. The van der Waals surface area contributed by atoms with Crippen LogP contribution in [0.2, 0.25) is 0 Å². The van der Waals surface area contributed by atoms with Crippen molar-refractivity contribution in [3.63, 3.8) is 0 Å². The Morgan fingerprint density at radius 3 is 2.68 bits per heavy atom. The molecular formula is C16H23NO2. The quantitative estimate of drug-likeness (QED) is 0.846. The summed E-state index contributed by atoms with van der Waals surface area (Å²) in [6.07, 6.45) is 7.79. The Hall–Kier alpha value is -1.51. The average Bonchev–Trinajstić information content (AvgIpc) is 2.67. The van der Waals surface area contributed by atoms with Crippen molar-refractivity contribution >= 4 is 5.91 Å². The molecule has 0 bridgehead atoms. The lowest BCUT2D eigenvalue weighted by Gasteiger charge is -2.16. The van der Waals surface area contributed by atoms with Gasteiger partial charge < -0.3 is 10.1 Å². The first-order chi connectivity index (χ1) is 9.28. The summed E-state index contributed by atoms with van der Waals surface area (Å²) in [5.74, 6) is 0.930. The fourth-order valence-electron chi connectivity index (χ4n) is 2.67. The van der Waals surface area contributed by atoms with Crippen molar-refractivity contribution in [3.05, 3.63) is 29.8 Å². The highest BCUT2D eigenvalue weighted by molar-refractivity contribution is 5.78. The fraction of sp³-hybridized carbons (Fsp3) is 0.562. The van der Waals surface area contributed by atoms with Crippen LogP contribution in [0.15, 0.2) is 24.3 Å². The zero-order valence-electron chi connectivity index (χ0n) is 11.7. The molecule has 2 rings (SSSR count). The first-order valence-electron chi connectivity index (χ1n) is 7.20. The lowest BCUT2D eigenvalue weighted by atomic mass is 10.1. The molecule has 0 aromatic heterocycles. The number of benzene rings is 1. The summed E-state index contributed by atoms with van der Waals surface area (Å²) in [6, 6.07) is 8.09. The molecule has 1 aromatic rings. The van der Waals surface area contributed by atoms with Gasteiger partial charge in [-0.15, -0.1) is 0 Å². The van der Waals surface area contributed by atoms with Crippen LogP contribution in [0.25, 0.3) is 0 Å². The Kier molecular flexibility index (Phi) is 5.25. The second-order valence-electron chi connectivity index (χ2n) is 5.28. The maximum Gasteiger partial charge on any atom is 0.224 e. The number of amides is 1. The van der Waals surface area contributed by atoms with Gasteiger partial charge in [-0.05, 0) is 30.5 Å². The predicted molar refractivity (Wildman–Crippen MR) is 76.3 cm³/mol. The van der Waals surface area contributed by atoms with Crippen molar-refractivity contribution in [2.75, 3.05) is 7.11 Å². The molecule has 1 amide bonds. The minimum absolute atomic E-state index is 0.125. The van der Waals surface area contributed by atoms with E-state index in [4.69, 9.17) is 4.74 Å². The van der Waals surface area contributed by atoms with Crippen LogP contribution in [0.3, 0.4) is 0 Å². The van der Waals surface area contributed by atoms with Gasteiger partial charge in [-0.1, -0.05) is 37.8 Å². The first kappa shape index (κ1) is 13.9.